The van der Waals surface area contributed by atoms with Gasteiger partial charge < -0.3 is 5.73 Å². The molecule has 1 heteroatoms. The largest absolute Gasteiger partial charge is 0.330 e. The fourth-order valence-corrected chi connectivity index (χ4v) is 1.92. The first kappa shape index (κ1) is 12.3. The van der Waals surface area contributed by atoms with Crippen LogP contribution in [-0.2, 0) is 11.8 Å². The van der Waals surface area contributed by atoms with Crippen molar-refractivity contribution in [3.8, 4) is 0 Å². The van der Waals surface area contributed by atoms with Crippen molar-refractivity contribution in [1.29, 1.82) is 0 Å². The van der Waals surface area contributed by atoms with E-state index in [0.29, 0.717) is 0 Å². The van der Waals surface area contributed by atoms with Crippen LogP contribution in [0.1, 0.15) is 44.7 Å². The van der Waals surface area contributed by atoms with Crippen molar-refractivity contribution in [3.05, 3.63) is 35.4 Å². The van der Waals surface area contributed by atoms with E-state index in [-0.39, 0.29) is 5.41 Å². The van der Waals surface area contributed by atoms with Crippen molar-refractivity contribution < 1.29 is 0 Å². The molecule has 0 aliphatic heterocycles. The molecule has 0 heterocycles. The van der Waals surface area contributed by atoms with Crippen LogP contribution in [0.25, 0.3) is 0 Å². The van der Waals surface area contributed by atoms with Gasteiger partial charge >= 0.3 is 0 Å². The second-order valence-electron chi connectivity index (χ2n) is 4.87. The highest BCUT2D eigenvalue weighted by Crippen LogP contribution is 2.26. The molecule has 0 amide bonds. The summed E-state index contributed by atoms with van der Waals surface area (Å²) in [5, 5.41) is 0. The van der Waals surface area contributed by atoms with Gasteiger partial charge in [0.15, 0.2) is 0 Å². The molecule has 0 aromatic heterocycles. The minimum atomic E-state index is 0.208. The van der Waals surface area contributed by atoms with Crippen molar-refractivity contribution in [2.45, 2.75) is 45.4 Å². The molecule has 1 aromatic carbocycles. The van der Waals surface area contributed by atoms with Crippen molar-refractivity contribution in [3.63, 3.8) is 0 Å². The maximum atomic E-state index is 5.63. The van der Waals surface area contributed by atoms with Gasteiger partial charge in [0, 0.05) is 0 Å². The Morgan fingerprint density at radius 1 is 1.13 bits per heavy atom. The Morgan fingerprint density at radius 2 is 1.73 bits per heavy atom. The molecule has 0 aliphatic rings. The highest BCUT2D eigenvalue weighted by molar-refractivity contribution is 5.28. The third-order valence-corrected chi connectivity index (χ3v) is 3.04. The van der Waals surface area contributed by atoms with Crippen LogP contribution >= 0.6 is 0 Å². The number of hydrogen-bond donors (Lipinski definition) is 1. The summed E-state index contributed by atoms with van der Waals surface area (Å²) < 4.78 is 0. The van der Waals surface area contributed by atoms with Gasteiger partial charge in [-0.25, -0.2) is 0 Å². The Bertz CT molecular complexity index is 285. The maximum Gasteiger partial charge on any atom is -0.00690 e. The smallest absolute Gasteiger partial charge is 0.00690 e. The van der Waals surface area contributed by atoms with E-state index in [9.17, 15) is 0 Å². The number of nitrogens with two attached hydrogens (primary N) is 1. The fraction of sp³-hybridized carbons (Fsp3) is 0.571. The van der Waals surface area contributed by atoms with Gasteiger partial charge in [-0.05, 0) is 35.9 Å². The van der Waals surface area contributed by atoms with Crippen LogP contribution in [0.2, 0.25) is 0 Å². The Hall–Kier alpha value is -0.820. The molecule has 0 fully saturated rings. The van der Waals surface area contributed by atoms with Gasteiger partial charge in [0.2, 0.25) is 0 Å². The van der Waals surface area contributed by atoms with Crippen molar-refractivity contribution >= 4 is 0 Å². The molecule has 15 heavy (non-hydrogen) atoms. The van der Waals surface area contributed by atoms with Crippen molar-refractivity contribution in [1.82, 2.24) is 0 Å². The molecule has 1 nitrogen and oxygen atoms in total. The highest BCUT2D eigenvalue weighted by Gasteiger charge is 2.18. The Labute approximate surface area is 93.7 Å². The van der Waals surface area contributed by atoms with Gasteiger partial charge in [-0.1, -0.05) is 51.5 Å². The molecule has 0 unspecified atom stereocenters. The molecule has 0 atom stereocenters. The lowest BCUT2D eigenvalue weighted by Crippen LogP contribution is -2.21. The number of aryl methyl sites for hydroxylation is 1. The molecule has 0 spiro atoms. The van der Waals surface area contributed by atoms with E-state index in [4.69, 9.17) is 5.73 Å². The lowest BCUT2D eigenvalue weighted by atomic mass is 9.81. The Morgan fingerprint density at radius 3 is 2.20 bits per heavy atom. The fourth-order valence-electron chi connectivity index (χ4n) is 1.92. The molecule has 84 valence electrons. The average molecular weight is 205 g/mol. The molecule has 1 aromatic rings. The van der Waals surface area contributed by atoms with Gasteiger partial charge in [0.25, 0.3) is 0 Å². The molecule has 0 aliphatic carbocycles. The van der Waals surface area contributed by atoms with E-state index in [1.165, 1.54) is 24.0 Å². The minimum absolute atomic E-state index is 0.208. The summed E-state index contributed by atoms with van der Waals surface area (Å²) in [7, 11) is 0. The Kier molecular flexibility index (Phi) is 4.34. The number of benzene rings is 1. The van der Waals surface area contributed by atoms with E-state index in [1.807, 2.05) is 0 Å². The zero-order valence-corrected chi connectivity index (χ0v) is 10.2. The third kappa shape index (κ3) is 3.35. The predicted molar refractivity (Wildman–Crippen MR) is 67.1 cm³/mol. The molecular formula is C14H23N. The highest BCUT2D eigenvalue weighted by atomic mass is 14.5. The molecule has 1 rings (SSSR count). The standard InChI is InChI=1S/C14H23N/c1-4-5-12-6-8-13(9-7-12)14(2,3)10-11-15/h6-9H,4-5,10-11,15H2,1-3H3. The summed E-state index contributed by atoms with van der Waals surface area (Å²) in [5.41, 5.74) is 8.67. The Balaban J connectivity index is 2.78. The second kappa shape index (κ2) is 5.32. The van der Waals surface area contributed by atoms with Gasteiger partial charge in [-0.2, -0.15) is 0 Å². The average Bonchev–Trinajstić information content (AvgIpc) is 2.19. The first-order valence-corrected chi connectivity index (χ1v) is 5.89. The van der Waals surface area contributed by atoms with Gasteiger partial charge in [-0.15, -0.1) is 0 Å². The molecule has 0 radical (unpaired) electrons. The molecule has 0 saturated carbocycles. The zero-order valence-electron chi connectivity index (χ0n) is 10.2. The molecule has 0 bridgehead atoms. The third-order valence-electron chi connectivity index (χ3n) is 3.04. The monoisotopic (exact) mass is 205 g/mol. The normalized spacial score (nSPS) is 11.7. The first-order chi connectivity index (χ1) is 7.10. The quantitative estimate of drug-likeness (QED) is 0.784. The minimum Gasteiger partial charge on any atom is -0.330 e. The summed E-state index contributed by atoms with van der Waals surface area (Å²) in [6, 6.07) is 9.00. The van der Waals surface area contributed by atoms with Gasteiger partial charge in [-0.3, -0.25) is 0 Å². The van der Waals surface area contributed by atoms with Crippen molar-refractivity contribution in [2.24, 2.45) is 5.73 Å². The van der Waals surface area contributed by atoms with Crippen LogP contribution in [0.15, 0.2) is 24.3 Å². The number of rotatable bonds is 5. The van der Waals surface area contributed by atoms with Crippen LogP contribution in [0, 0.1) is 0 Å². The van der Waals surface area contributed by atoms with E-state index in [2.05, 4.69) is 45.0 Å². The van der Waals surface area contributed by atoms with Crippen LogP contribution < -0.4 is 5.73 Å². The van der Waals surface area contributed by atoms with Gasteiger partial charge in [0.1, 0.15) is 0 Å². The van der Waals surface area contributed by atoms with Crippen molar-refractivity contribution in [2.75, 3.05) is 6.54 Å². The lowest BCUT2D eigenvalue weighted by Gasteiger charge is -2.24. The van der Waals surface area contributed by atoms with Gasteiger partial charge in [0.05, 0.1) is 0 Å². The van der Waals surface area contributed by atoms with E-state index >= 15 is 0 Å². The van der Waals surface area contributed by atoms with E-state index in [1.54, 1.807) is 0 Å². The SMILES string of the molecule is CCCc1ccc(C(C)(C)CCN)cc1. The van der Waals surface area contributed by atoms with Crippen LogP contribution in [-0.4, -0.2) is 6.54 Å². The lowest BCUT2D eigenvalue weighted by molar-refractivity contribution is 0.487. The summed E-state index contributed by atoms with van der Waals surface area (Å²) in [6.45, 7) is 7.49. The zero-order chi connectivity index (χ0) is 11.3. The first-order valence-electron chi connectivity index (χ1n) is 5.89. The van der Waals surface area contributed by atoms with Crippen LogP contribution in [0.4, 0.5) is 0 Å². The molecule has 2 N–H and O–H groups in total. The summed E-state index contributed by atoms with van der Waals surface area (Å²) in [5.74, 6) is 0. The predicted octanol–water partition coefficient (Wildman–Crippen LogP) is 3.27. The van der Waals surface area contributed by atoms with Crippen LogP contribution in [0.3, 0.4) is 0 Å². The number of hydrogen-bond acceptors (Lipinski definition) is 1. The molecular weight excluding hydrogens is 182 g/mol. The summed E-state index contributed by atoms with van der Waals surface area (Å²) in [4.78, 5) is 0. The van der Waals surface area contributed by atoms with Crippen LogP contribution in [0.5, 0.6) is 0 Å². The summed E-state index contributed by atoms with van der Waals surface area (Å²) >= 11 is 0. The topological polar surface area (TPSA) is 26.0 Å². The van der Waals surface area contributed by atoms with E-state index in [0.717, 1.165) is 13.0 Å². The molecule has 0 saturated heterocycles. The maximum absolute atomic E-state index is 5.63. The second-order valence-corrected chi connectivity index (χ2v) is 4.87. The summed E-state index contributed by atoms with van der Waals surface area (Å²) in [6.07, 6.45) is 3.43. The van der Waals surface area contributed by atoms with E-state index < -0.39 is 0 Å².